The van der Waals surface area contributed by atoms with Gasteiger partial charge in [-0.2, -0.15) is 0 Å². The van der Waals surface area contributed by atoms with Crippen molar-refractivity contribution in [2.24, 2.45) is 0 Å². The van der Waals surface area contributed by atoms with Crippen molar-refractivity contribution in [3.05, 3.63) is 35.9 Å². The van der Waals surface area contributed by atoms with E-state index in [0.29, 0.717) is 12.5 Å². The maximum atomic E-state index is 11.2. The Morgan fingerprint density at radius 2 is 1.88 bits per heavy atom. The molecular formula is C14H21NO2. The number of hydrogen-bond acceptors (Lipinski definition) is 2. The van der Waals surface area contributed by atoms with Crippen LogP contribution in [-0.2, 0) is 4.74 Å². The molecule has 0 saturated heterocycles. The molecular weight excluding hydrogens is 214 g/mol. The molecule has 1 N–H and O–H groups in total. The molecule has 0 aliphatic carbocycles. The topological polar surface area (TPSA) is 38.3 Å². The number of nitrogens with one attached hydrogen (secondary N) is 1. The molecule has 1 amide bonds. The molecule has 0 aromatic heterocycles. The minimum absolute atomic E-state index is 0.0680. The van der Waals surface area contributed by atoms with E-state index in [1.54, 1.807) is 0 Å². The first kappa shape index (κ1) is 13.6. The SMILES string of the molecule is CC(C)OC(=O)NCCC(C)c1ccccc1. The van der Waals surface area contributed by atoms with Crippen molar-refractivity contribution in [3.8, 4) is 0 Å². The highest BCUT2D eigenvalue weighted by atomic mass is 16.6. The molecule has 1 aromatic carbocycles. The molecule has 1 rings (SSSR count). The Labute approximate surface area is 103 Å². The van der Waals surface area contributed by atoms with Crippen LogP contribution >= 0.6 is 0 Å². The van der Waals surface area contributed by atoms with Crippen LogP contribution in [0.25, 0.3) is 0 Å². The van der Waals surface area contributed by atoms with Crippen molar-refractivity contribution in [1.82, 2.24) is 5.32 Å². The molecule has 0 aliphatic heterocycles. The van der Waals surface area contributed by atoms with Crippen LogP contribution in [0.4, 0.5) is 4.79 Å². The molecule has 17 heavy (non-hydrogen) atoms. The normalized spacial score (nSPS) is 12.2. The molecule has 0 aliphatic rings. The number of alkyl carbamates (subject to hydrolysis) is 1. The van der Waals surface area contributed by atoms with Crippen LogP contribution in [0.3, 0.4) is 0 Å². The maximum absolute atomic E-state index is 11.2. The monoisotopic (exact) mass is 235 g/mol. The van der Waals surface area contributed by atoms with E-state index in [9.17, 15) is 4.79 Å². The van der Waals surface area contributed by atoms with Gasteiger partial charge in [-0.05, 0) is 31.7 Å². The Hall–Kier alpha value is -1.51. The number of rotatable bonds is 5. The Kier molecular flexibility index (Phi) is 5.53. The lowest BCUT2D eigenvalue weighted by atomic mass is 9.98. The number of carbonyl (C=O) groups is 1. The molecule has 3 nitrogen and oxygen atoms in total. The van der Waals surface area contributed by atoms with Crippen LogP contribution in [0.15, 0.2) is 30.3 Å². The molecule has 0 spiro atoms. The van der Waals surface area contributed by atoms with E-state index in [4.69, 9.17) is 4.74 Å². The van der Waals surface area contributed by atoms with E-state index in [2.05, 4.69) is 24.4 Å². The van der Waals surface area contributed by atoms with Gasteiger partial charge in [-0.15, -0.1) is 0 Å². The second-order valence-electron chi connectivity index (χ2n) is 4.48. The van der Waals surface area contributed by atoms with Gasteiger partial charge in [0.15, 0.2) is 0 Å². The minimum Gasteiger partial charge on any atom is -0.447 e. The van der Waals surface area contributed by atoms with E-state index in [1.165, 1.54) is 5.56 Å². The van der Waals surface area contributed by atoms with Crippen LogP contribution in [0.5, 0.6) is 0 Å². The molecule has 1 atom stereocenters. The van der Waals surface area contributed by atoms with Gasteiger partial charge < -0.3 is 10.1 Å². The molecule has 3 heteroatoms. The zero-order chi connectivity index (χ0) is 12.7. The van der Waals surface area contributed by atoms with Gasteiger partial charge in [0, 0.05) is 6.54 Å². The first-order valence-electron chi connectivity index (χ1n) is 6.09. The summed E-state index contributed by atoms with van der Waals surface area (Å²) in [6, 6.07) is 10.3. The molecule has 0 bridgehead atoms. The van der Waals surface area contributed by atoms with Crippen molar-refractivity contribution >= 4 is 6.09 Å². The van der Waals surface area contributed by atoms with Gasteiger partial charge >= 0.3 is 6.09 Å². The number of hydrogen-bond donors (Lipinski definition) is 1. The molecule has 0 heterocycles. The average Bonchev–Trinajstić information content (AvgIpc) is 2.29. The van der Waals surface area contributed by atoms with E-state index < -0.39 is 0 Å². The zero-order valence-corrected chi connectivity index (χ0v) is 10.8. The molecule has 0 fully saturated rings. The van der Waals surface area contributed by atoms with Crippen molar-refractivity contribution in [3.63, 3.8) is 0 Å². The average molecular weight is 235 g/mol. The number of amides is 1. The first-order valence-corrected chi connectivity index (χ1v) is 6.09. The highest BCUT2D eigenvalue weighted by Crippen LogP contribution is 2.17. The molecule has 1 aromatic rings. The third kappa shape index (κ3) is 5.38. The summed E-state index contributed by atoms with van der Waals surface area (Å²) in [5.74, 6) is 0.440. The van der Waals surface area contributed by atoms with E-state index in [0.717, 1.165) is 6.42 Å². The second-order valence-corrected chi connectivity index (χ2v) is 4.48. The van der Waals surface area contributed by atoms with Crippen LogP contribution in [0.2, 0.25) is 0 Å². The molecule has 94 valence electrons. The number of benzene rings is 1. The molecule has 1 unspecified atom stereocenters. The Morgan fingerprint density at radius 1 is 1.24 bits per heavy atom. The van der Waals surface area contributed by atoms with Gasteiger partial charge in [-0.3, -0.25) is 0 Å². The predicted octanol–water partition coefficient (Wildman–Crippen LogP) is 3.31. The summed E-state index contributed by atoms with van der Waals surface area (Å²) in [5.41, 5.74) is 1.30. The van der Waals surface area contributed by atoms with Gasteiger partial charge in [0.1, 0.15) is 0 Å². The summed E-state index contributed by atoms with van der Waals surface area (Å²) in [6.45, 7) is 6.48. The summed E-state index contributed by atoms with van der Waals surface area (Å²) in [4.78, 5) is 11.2. The summed E-state index contributed by atoms with van der Waals surface area (Å²) < 4.78 is 4.99. The van der Waals surface area contributed by atoms with Gasteiger partial charge in [0.2, 0.25) is 0 Å². The highest BCUT2D eigenvalue weighted by molar-refractivity contribution is 5.67. The van der Waals surface area contributed by atoms with Gasteiger partial charge in [-0.1, -0.05) is 37.3 Å². The lowest BCUT2D eigenvalue weighted by molar-refractivity contribution is 0.115. The van der Waals surface area contributed by atoms with Crippen molar-refractivity contribution in [2.45, 2.75) is 39.2 Å². The number of carbonyl (C=O) groups excluding carboxylic acids is 1. The third-order valence-corrected chi connectivity index (χ3v) is 2.56. The number of ether oxygens (including phenoxy) is 1. The van der Waals surface area contributed by atoms with Crippen LogP contribution < -0.4 is 5.32 Å². The largest absolute Gasteiger partial charge is 0.447 e. The van der Waals surface area contributed by atoms with Crippen LogP contribution in [0, 0.1) is 0 Å². The van der Waals surface area contributed by atoms with E-state index in [1.807, 2.05) is 32.0 Å². The lowest BCUT2D eigenvalue weighted by Crippen LogP contribution is -2.28. The summed E-state index contributed by atoms with van der Waals surface area (Å²) in [7, 11) is 0. The maximum Gasteiger partial charge on any atom is 0.407 e. The summed E-state index contributed by atoms with van der Waals surface area (Å²) in [5, 5.41) is 2.75. The standard InChI is InChI=1S/C14H21NO2/c1-11(2)17-14(16)15-10-9-12(3)13-7-5-4-6-8-13/h4-8,11-12H,9-10H2,1-3H3,(H,15,16). The predicted molar refractivity (Wildman–Crippen MR) is 69.1 cm³/mol. The lowest BCUT2D eigenvalue weighted by Gasteiger charge is -2.13. The second kappa shape index (κ2) is 6.94. The van der Waals surface area contributed by atoms with Crippen LogP contribution in [0.1, 0.15) is 38.7 Å². The zero-order valence-electron chi connectivity index (χ0n) is 10.8. The van der Waals surface area contributed by atoms with Crippen molar-refractivity contribution in [1.29, 1.82) is 0 Å². The van der Waals surface area contributed by atoms with E-state index in [-0.39, 0.29) is 12.2 Å². The summed E-state index contributed by atoms with van der Waals surface area (Å²) in [6.07, 6.45) is 0.513. The fourth-order valence-electron chi connectivity index (χ4n) is 1.59. The van der Waals surface area contributed by atoms with Gasteiger partial charge in [0.25, 0.3) is 0 Å². The first-order chi connectivity index (χ1) is 8.09. The van der Waals surface area contributed by atoms with Gasteiger partial charge in [0.05, 0.1) is 6.10 Å². The minimum atomic E-state index is -0.333. The highest BCUT2D eigenvalue weighted by Gasteiger charge is 2.07. The fourth-order valence-corrected chi connectivity index (χ4v) is 1.59. The third-order valence-electron chi connectivity index (χ3n) is 2.56. The van der Waals surface area contributed by atoms with Gasteiger partial charge in [-0.25, -0.2) is 4.79 Å². The summed E-state index contributed by atoms with van der Waals surface area (Å²) >= 11 is 0. The van der Waals surface area contributed by atoms with E-state index >= 15 is 0 Å². The van der Waals surface area contributed by atoms with Crippen molar-refractivity contribution in [2.75, 3.05) is 6.54 Å². The molecule has 0 radical (unpaired) electrons. The van der Waals surface area contributed by atoms with Crippen molar-refractivity contribution < 1.29 is 9.53 Å². The quantitative estimate of drug-likeness (QED) is 0.850. The Balaban J connectivity index is 2.25. The van der Waals surface area contributed by atoms with Crippen LogP contribution in [-0.4, -0.2) is 18.7 Å². The smallest absolute Gasteiger partial charge is 0.407 e. The molecule has 0 saturated carbocycles. The fraction of sp³-hybridized carbons (Fsp3) is 0.500. The Morgan fingerprint density at radius 3 is 2.47 bits per heavy atom. The Bertz CT molecular complexity index is 335.